The standard InChI is InChI=1S/C16H21Cl2N3O/c17-14-7-6-13(10-15(14)18)11-19-20-16(22)12-21-8-4-2-1-3-5-9-21/h6-7,10-11H,1-5,8-9,12H2,(H,20,22)/p+1/b19-11-. The summed E-state index contributed by atoms with van der Waals surface area (Å²) in [5.74, 6) is -0.0492. The number of carbonyl (C=O) groups excluding carboxylic acids is 1. The van der Waals surface area contributed by atoms with Crippen LogP contribution in [-0.4, -0.2) is 31.8 Å². The van der Waals surface area contributed by atoms with Crippen LogP contribution in [-0.2, 0) is 4.79 Å². The first-order valence-electron chi connectivity index (χ1n) is 7.75. The third kappa shape index (κ3) is 5.95. The number of likely N-dealkylation sites (tertiary alicyclic amines) is 1. The van der Waals surface area contributed by atoms with Gasteiger partial charge in [-0.3, -0.25) is 4.79 Å². The van der Waals surface area contributed by atoms with E-state index < -0.39 is 0 Å². The number of rotatable bonds is 4. The van der Waals surface area contributed by atoms with Crippen molar-refractivity contribution in [1.29, 1.82) is 0 Å². The lowest BCUT2D eigenvalue weighted by molar-refractivity contribution is -0.893. The number of hydrogen-bond donors (Lipinski definition) is 2. The maximum Gasteiger partial charge on any atom is 0.295 e. The molecule has 6 heteroatoms. The van der Waals surface area contributed by atoms with Crippen LogP contribution in [0.4, 0.5) is 0 Å². The minimum absolute atomic E-state index is 0.0492. The summed E-state index contributed by atoms with van der Waals surface area (Å²) in [4.78, 5) is 13.3. The van der Waals surface area contributed by atoms with E-state index in [9.17, 15) is 4.79 Å². The topological polar surface area (TPSA) is 45.9 Å². The molecule has 0 radical (unpaired) electrons. The molecule has 1 fully saturated rings. The summed E-state index contributed by atoms with van der Waals surface area (Å²) >= 11 is 11.8. The van der Waals surface area contributed by atoms with Crippen molar-refractivity contribution in [2.24, 2.45) is 5.10 Å². The van der Waals surface area contributed by atoms with Crippen LogP contribution in [0.5, 0.6) is 0 Å². The second-order valence-corrected chi connectivity index (χ2v) is 6.48. The molecule has 0 aromatic heterocycles. The highest BCUT2D eigenvalue weighted by molar-refractivity contribution is 6.42. The summed E-state index contributed by atoms with van der Waals surface area (Å²) < 4.78 is 0. The normalized spacial score (nSPS) is 17.2. The molecule has 0 spiro atoms. The maximum absolute atomic E-state index is 11.9. The first-order valence-corrected chi connectivity index (χ1v) is 8.51. The molecule has 1 aliphatic heterocycles. The smallest absolute Gasteiger partial charge is 0.295 e. The Labute approximate surface area is 141 Å². The number of hydrazone groups is 1. The van der Waals surface area contributed by atoms with Crippen molar-refractivity contribution >= 4 is 35.3 Å². The number of benzene rings is 1. The van der Waals surface area contributed by atoms with Gasteiger partial charge in [0.05, 0.1) is 29.3 Å². The van der Waals surface area contributed by atoms with Crippen molar-refractivity contribution in [1.82, 2.24) is 5.43 Å². The molecule has 0 saturated carbocycles. The molecule has 1 saturated heterocycles. The SMILES string of the molecule is O=C(C[NH+]1CCCCCCC1)N/N=C\c1ccc(Cl)c(Cl)c1. The number of halogens is 2. The van der Waals surface area contributed by atoms with Gasteiger partial charge in [0.2, 0.25) is 0 Å². The molecule has 1 amide bonds. The Morgan fingerprint density at radius 1 is 1.14 bits per heavy atom. The van der Waals surface area contributed by atoms with Crippen LogP contribution in [0.2, 0.25) is 10.0 Å². The van der Waals surface area contributed by atoms with E-state index in [1.807, 2.05) is 0 Å². The minimum atomic E-state index is -0.0492. The van der Waals surface area contributed by atoms with Crippen molar-refractivity contribution in [3.63, 3.8) is 0 Å². The van der Waals surface area contributed by atoms with Gasteiger partial charge >= 0.3 is 0 Å². The van der Waals surface area contributed by atoms with Crippen LogP contribution in [0.25, 0.3) is 0 Å². The molecule has 0 aliphatic carbocycles. The summed E-state index contributed by atoms with van der Waals surface area (Å²) in [5, 5.41) is 4.96. The lowest BCUT2D eigenvalue weighted by Crippen LogP contribution is -3.13. The Morgan fingerprint density at radius 3 is 2.50 bits per heavy atom. The van der Waals surface area contributed by atoms with Crippen LogP contribution >= 0.6 is 23.2 Å². The van der Waals surface area contributed by atoms with Gasteiger partial charge in [-0.2, -0.15) is 5.10 Å². The van der Waals surface area contributed by atoms with Crippen LogP contribution in [0.3, 0.4) is 0 Å². The molecular formula is C16H22Cl2N3O+. The Hall–Kier alpha value is -1.10. The van der Waals surface area contributed by atoms with Gasteiger partial charge in [-0.15, -0.1) is 0 Å². The zero-order chi connectivity index (χ0) is 15.8. The van der Waals surface area contributed by atoms with E-state index >= 15 is 0 Å². The Balaban J connectivity index is 1.78. The van der Waals surface area contributed by atoms with Gasteiger partial charge < -0.3 is 4.90 Å². The third-order valence-electron chi connectivity index (χ3n) is 3.82. The van der Waals surface area contributed by atoms with Gasteiger partial charge in [0.1, 0.15) is 0 Å². The molecule has 2 rings (SSSR count). The fourth-order valence-corrected chi connectivity index (χ4v) is 2.93. The zero-order valence-corrected chi connectivity index (χ0v) is 14.1. The van der Waals surface area contributed by atoms with E-state index in [2.05, 4.69) is 10.5 Å². The molecule has 1 aromatic carbocycles. The number of nitrogens with one attached hydrogen (secondary N) is 2. The molecule has 0 atom stereocenters. The van der Waals surface area contributed by atoms with Crippen molar-refractivity contribution in [2.45, 2.75) is 32.1 Å². The number of carbonyl (C=O) groups is 1. The Morgan fingerprint density at radius 2 is 1.82 bits per heavy atom. The first-order chi connectivity index (χ1) is 10.6. The van der Waals surface area contributed by atoms with Gasteiger partial charge in [0, 0.05) is 0 Å². The summed E-state index contributed by atoms with van der Waals surface area (Å²) in [6.07, 6.45) is 7.86. The van der Waals surface area contributed by atoms with E-state index in [0.717, 1.165) is 18.7 Å². The zero-order valence-electron chi connectivity index (χ0n) is 12.6. The lowest BCUT2D eigenvalue weighted by atomic mass is 10.1. The van der Waals surface area contributed by atoms with E-state index in [0.29, 0.717) is 16.6 Å². The lowest BCUT2D eigenvalue weighted by Gasteiger charge is -2.20. The third-order valence-corrected chi connectivity index (χ3v) is 4.56. The second kappa shape index (κ2) is 9.13. The monoisotopic (exact) mass is 342 g/mol. The number of nitrogens with zero attached hydrogens (tertiary/aromatic N) is 1. The van der Waals surface area contributed by atoms with Crippen molar-refractivity contribution < 1.29 is 9.69 Å². The molecule has 1 aliphatic rings. The molecule has 0 unspecified atom stereocenters. The highest BCUT2D eigenvalue weighted by Gasteiger charge is 2.14. The minimum Gasteiger partial charge on any atom is -0.327 e. The Bertz CT molecular complexity index is 526. The van der Waals surface area contributed by atoms with Gasteiger partial charge in [-0.05, 0) is 43.4 Å². The predicted octanol–water partition coefficient (Wildman–Crippen LogP) is 2.29. The largest absolute Gasteiger partial charge is 0.327 e. The van der Waals surface area contributed by atoms with Crippen molar-refractivity contribution in [3.8, 4) is 0 Å². The molecule has 0 bridgehead atoms. The summed E-state index contributed by atoms with van der Waals surface area (Å²) in [5.41, 5.74) is 3.38. The number of hydrogen-bond acceptors (Lipinski definition) is 2. The summed E-state index contributed by atoms with van der Waals surface area (Å²) in [6.45, 7) is 2.63. The fourth-order valence-electron chi connectivity index (χ4n) is 2.62. The molecule has 22 heavy (non-hydrogen) atoms. The first kappa shape index (κ1) is 17.3. The summed E-state index contributed by atoms with van der Waals surface area (Å²) in [6, 6.07) is 5.22. The van der Waals surface area contributed by atoms with Crippen LogP contribution in [0.15, 0.2) is 23.3 Å². The van der Waals surface area contributed by atoms with E-state index in [4.69, 9.17) is 23.2 Å². The second-order valence-electron chi connectivity index (χ2n) is 5.66. The van der Waals surface area contributed by atoms with Gasteiger partial charge in [-0.25, -0.2) is 5.43 Å². The van der Waals surface area contributed by atoms with Gasteiger partial charge in [0.25, 0.3) is 5.91 Å². The van der Waals surface area contributed by atoms with E-state index in [1.54, 1.807) is 24.4 Å². The molecular weight excluding hydrogens is 321 g/mol. The highest BCUT2D eigenvalue weighted by atomic mass is 35.5. The summed E-state index contributed by atoms with van der Waals surface area (Å²) in [7, 11) is 0. The van der Waals surface area contributed by atoms with Crippen molar-refractivity contribution in [3.05, 3.63) is 33.8 Å². The molecule has 1 aromatic rings. The number of quaternary nitrogens is 1. The Kier molecular flexibility index (Phi) is 7.16. The van der Waals surface area contributed by atoms with Crippen molar-refractivity contribution in [2.75, 3.05) is 19.6 Å². The van der Waals surface area contributed by atoms with Gasteiger partial charge in [0.15, 0.2) is 6.54 Å². The van der Waals surface area contributed by atoms with E-state index in [-0.39, 0.29) is 5.91 Å². The van der Waals surface area contributed by atoms with Crippen LogP contribution < -0.4 is 10.3 Å². The molecule has 120 valence electrons. The highest BCUT2D eigenvalue weighted by Crippen LogP contribution is 2.21. The quantitative estimate of drug-likeness (QED) is 0.640. The maximum atomic E-state index is 11.9. The van der Waals surface area contributed by atoms with Gasteiger partial charge in [-0.1, -0.05) is 35.7 Å². The molecule has 1 heterocycles. The molecule has 4 nitrogen and oxygen atoms in total. The fraction of sp³-hybridized carbons (Fsp3) is 0.500. The van der Waals surface area contributed by atoms with Crippen LogP contribution in [0.1, 0.15) is 37.7 Å². The van der Waals surface area contributed by atoms with E-state index in [1.165, 1.54) is 37.0 Å². The number of amides is 1. The van der Waals surface area contributed by atoms with Crippen LogP contribution in [0, 0.1) is 0 Å². The molecule has 2 N–H and O–H groups in total. The predicted molar refractivity (Wildman–Crippen MR) is 90.8 cm³/mol. The average molecular weight is 343 g/mol. The average Bonchev–Trinajstić information content (AvgIpc) is 2.45.